The standard InChI is InChI=1S/C29H21NO2S/c31-29-26(20-10-4-1-5-11-20)27(24-16-17-25-23(18-19-33-25)28(24)32-29)30(21-12-6-2-7-13-21)22-14-8-3-9-15-22/h1-15,18-19H,16-17H2. The van der Waals surface area contributed by atoms with Crippen LogP contribution in [-0.4, -0.2) is 0 Å². The summed E-state index contributed by atoms with van der Waals surface area (Å²) in [6.45, 7) is 0. The number of hydrogen-bond donors (Lipinski definition) is 0. The Hall–Kier alpha value is -3.89. The average Bonchev–Trinajstić information content (AvgIpc) is 3.36. The van der Waals surface area contributed by atoms with Crippen LogP contribution in [0.2, 0.25) is 0 Å². The maximum absolute atomic E-state index is 13.6. The fourth-order valence-corrected chi connectivity index (χ4v) is 5.53. The van der Waals surface area contributed by atoms with Crippen LogP contribution < -0.4 is 10.5 Å². The minimum Gasteiger partial charge on any atom is -0.422 e. The molecule has 2 aromatic heterocycles. The minimum atomic E-state index is -0.314. The molecule has 0 spiro atoms. The van der Waals surface area contributed by atoms with E-state index in [1.54, 1.807) is 11.3 Å². The van der Waals surface area contributed by atoms with E-state index < -0.39 is 0 Å². The maximum Gasteiger partial charge on any atom is 0.346 e. The molecule has 6 rings (SSSR count). The van der Waals surface area contributed by atoms with E-state index in [0.717, 1.165) is 46.6 Å². The summed E-state index contributed by atoms with van der Waals surface area (Å²) in [5.41, 5.74) is 6.17. The fraction of sp³-hybridized carbons (Fsp3) is 0.0690. The lowest BCUT2D eigenvalue weighted by atomic mass is 9.90. The van der Waals surface area contributed by atoms with Crippen LogP contribution in [0, 0.1) is 0 Å². The molecule has 0 atom stereocenters. The Morgan fingerprint density at radius 2 is 1.33 bits per heavy atom. The Labute approximate surface area is 196 Å². The molecule has 33 heavy (non-hydrogen) atoms. The van der Waals surface area contributed by atoms with Crippen molar-refractivity contribution >= 4 is 28.4 Å². The first kappa shape index (κ1) is 19.8. The molecule has 3 aromatic carbocycles. The number of aryl methyl sites for hydroxylation is 1. The molecule has 0 unspecified atom stereocenters. The van der Waals surface area contributed by atoms with Gasteiger partial charge in [-0.1, -0.05) is 66.7 Å². The third-order valence-corrected chi connectivity index (χ3v) is 7.08. The van der Waals surface area contributed by atoms with Crippen LogP contribution >= 0.6 is 11.3 Å². The molecule has 160 valence electrons. The van der Waals surface area contributed by atoms with Crippen molar-refractivity contribution in [3.63, 3.8) is 0 Å². The van der Waals surface area contributed by atoms with Crippen molar-refractivity contribution in [1.29, 1.82) is 0 Å². The molecule has 0 aliphatic heterocycles. The predicted molar refractivity (Wildman–Crippen MR) is 136 cm³/mol. The van der Waals surface area contributed by atoms with Gasteiger partial charge in [-0.25, -0.2) is 4.79 Å². The summed E-state index contributed by atoms with van der Waals surface area (Å²) in [5, 5.41) is 2.08. The smallest absolute Gasteiger partial charge is 0.346 e. The molecule has 1 aliphatic carbocycles. The van der Waals surface area contributed by atoms with Gasteiger partial charge in [-0.05, 0) is 54.1 Å². The van der Waals surface area contributed by atoms with Crippen LogP contribution in [0.3, 0.4) is 0 Å². The van der Waals surface area contributed by atoms with Crippen LogP contribution in [0.5, 0.6) is 0 Å². The van der Waals surface area contributed by atoms with Crippen molar-refractivity contribution in [1.82, 2.24) is 0 Å². The monoisotopic (exact) mass is 447 g/mol. The highest BCUT2D eigenvalue weighted by Crippen LogP contribution is 2.47. The van der Waals surface area contributed by atoms with Gasteiger partial charge in [0.25, 0.3) is 0 Å². The first-order chi connectivity index (χ1) is 16.3. The Kier molecular flexibility index (Phi) is 4.93. The first-order valence-electron chi connectivity index (χ1n) is 11.0. The lowest BCUT2D eigenvalue weighted by molar-refractivity contribution is 0.519. The van der Waals surface area contributed by atoms with E-state index in [9.17, 15) is 4.79 Å². The molecule has 0 fully saturated rings. The summed E-state index contributed by atoms with van der Waals surface area (Å²) in [6.07, 6.45) is 1.75. The summed E-state index contributed by atoms with van der Waals surface area (Å²) in [4.78, 5) is 17.1. The summed E-state index contributed by atoms with van der Waals surface area (Å²) in [7, 11) is 0. The van der Waals surface area contributed by atoms with Crippen molar-refractivity contribution in [2.24, 2.45) is 0 Å². The Morgan fingerprint density at radius 3 is 1.97 bits per heavy atom. The van der Waals surface area contributed by atoms with Crippen LogP contribution in [0.1, 0.15) is 10.4 Å². The van der Waals surface area contributed by atoms with Gasteiger partial charge in [-0.2, -0.15) is 0 Å². The Balaban J connectivity index is 1.73. The van der Waals surface area contributed by atoms with E-state index in [2.05, 4.69) is 40.6 Å². The predicted octanol–water partition coefficient (Wildman–Crippen LogP) is 7.60. The normalized spacial score (nSPS) is 12.1. The third kappa shape index (κ3) is 3.40. The van der Waals surface area contributed by atoms with Crippen LogP contribution in [0.15, 0.2) is 112 Å². The van der Waals surface area contributed by atoms with Crippen LogP contribution in [0.25, 0.3) is 22.5 Å². The van der Waals surface area contributed by atoms with Gasteiger partial charge in [0, 0.05) is 27.4 Å². The first-order valence-corrected chi connectivity index (χ1v) is 11.9. The van der Waals surface area contributed by atoms with Gasteiger partial charge in [0.15, 0.2) is 0 Å². The molecule has 0 saturated carbocycles. The van der Waals surface area contributed by atoms with Crippen molar-refractivity contribution < 1.29 is 4.42 Å². The average molecular weight is 448 g/mol. The molecule has 0 N–H and O–H groups in total. The van der Waals surface area contributed by atoms with Gasteiger partial charge in [-0.3, -0.25) is 0 Å². The highest BCUT2D eigenvalue weighted by Gasteiger charge is 2.31. The van der Waals surface area contributed by atoms with E-state index in [4.69, 9.17) is 4.42 Å². The molecule has 5 aromatic rings. The van der Waals surface area contributed by atoms with Gasteiger partial charge in [0.05, 0.1) is 11.3 Å². The summed E-state index contributed by atoms with van der Waals surface area (Å²) < 4.78 is 6.06. The zero-order valence-electron chi connectivity index (χ0n) is 17.9. The summed E-state index contributed by atoms with van der Waals surface area (Å²) in [6, 6.07) is 32.4. The van der Waals surface area contributed by atoms with Crippen LogP contribution in [0.4, 0.5) is 17.1 Å². The van der Waals surface area contributed by atoms with Crippen molar-refractivity contribution in [2.45, 2.75) is 12.8 Å². The molecular formula is C29H21NO2S. The van der Waals surface area contributed by atoms with E-state index in [1.165, 1.54) is 4.88 Å². The topological polar surface area (TPSA) is 33.5 Å². The zero-order chi connectivity index (χ0) is 22.2. The number of hydrogen-bond acceptors (Lipinski definition) is 4. The number of rotatable bonds is 4. The second kappa shape index (κ2) is 8.23. The van der Waals surface area contributed by atoms with E-state index >= 15 is 0 Å². The fourth-order valence-electron chi connectivity index (χ4n) is 4.65. The number of thiophene rings is 1. The molecule has 0 radical (unpaired) electrons. The molecular weight excluding hydrogens is 426 g/mol. The van der Waals surface area contributed by atoms with Gasteiger partial charge >= 0.3 is 5.63 Å². The highest BCUT2D eigenvalue weighted by molar-refractivity contribution is 7.10. The number of para-hydroxylation sites is 2. The molecule has 4 heteroatoms. The number of benzene rings is 3. The highest BCUT2D eigenvalue weighted by atomic mass is 32.1. The van der Waals surface area contributed by atoms with Crippen LogP contribution in [-0.2, 0) is 12.8 Å². The summed E-state index contributed by atoms with van der Waals surface area (Å²) >= 11 is 1.73. The zero-order valence-corrected chi connectivity index (χ0v) is 18.7. The quantitative estimate of drug-likeness (QED) is 0.284. The molecule has 0 amide bonds. The van der Waals surface area contributed by atoms with Crippen molar-refractivity contribution in [3.05, 3.63) is 123 Å². The number of fused-ring (bicyclic) bond motifs is 3. The summed E-state index contributed by atoms with van der Waals surface area (Å²) in [5.74, 6) is 0.703. The molecule has 0 bridgehead atoms. The molecule has 3 nitrogen and oxygen atoms in total. The van der Waals surface area contributed by atoms with E-state index in [-0.39, 0.29) is 5.63 Å². The number of anilines is 3. The van der Waals surface area contributed by atoms with E-state index in [1.807, 2.05) is 66.7 Å². The van der Waals surface area contributed by atoms with Gasteiger partial charge in [0.1, 0.15) is 5.76 Å². The Morgan fingerprint density at radius 1 is 0.727 bits per heavy atom. The SMILES string of the molecule is O=c1oc2c(c(N(c3ccccc3)c3ccccc3)c1-c1ccccc1)CCc1sccc1-2. The van der Waals surface area contributed by atoms with E-state index in [0.29, 0.717) is 11.3 Å². The maximum atomic E-state index is 13.6. The second-order valence-corrected chi connectivity index (χ2v) is 9.05. The lowest BCUT2D eigenvalue weighted by Gasteiger charge is -2.31. The third-order valence-electron chi connectivity index (χ3n) is 6.10. The van der Waals surface area contributed by atoms with Crippen molar-refractivity contribution in [3.8, 4) is 22.5 Å². The van der Waals surface area contributed by atoms with Gasteiger partial charge in [-0.15, -0.1) is 11.3 Å². The largest absolute Gasteiger partial charge is 0.422 e. The molecule has 0 saturated heterocycles. The molecule has 1 aliphatic rings. The molecule has 2 heterocycles. The Bertz CT molecular complexity index is 1430. The number of nitrogens with zero attached hydrogens (tertiary/aromatic N) is 1. The minimum absolute atomic E-state index is 0.314. The van der Waals surface area contributed by atoms with Crippen molar-refractivity contribution in [2.75, 3.05) is 4.90 Å². The van der Waals surface area contributed by atoms with Gasteiger partial charge in [0.2, 0.25) is 0 Å². The van der Waals surface area contributed by atoms with Gasteiger partial charge < -0.3 is 9.32 Å². The second-order valence-electron chi connectivity index (χ2n) is 8.05. The lowest BCUT2D eigenvalue weighted by Crippen LogP contribution is -2.20.